The lowest BCUT2D eigenvalue weighted by Gasteiger charge is -2.23. The van der Waals surface area contributed by atoms with E-state index >= 15 is 0 Å². The van der Waals surface area contributed by atoms with Gasteiger partial charge in [-0.25, -0.2) is 12.8 Å². The van der Waals surface area contributed by atoms with E-state index in [9.17, 15) is 12.8 Å². The number of aryl methyl sites for hydroxylation is 1. The van der Waals surface area contributed by atoms with E-state index < -0.39 is 15.8 Å². The number of benzene rings is 2. The van der Waals surface area contributed by atoms with E-state index in [0.717, 1.165) is 17.7 Å². The summed E-state index contributed by atoms with van der Waals surface area (Å²) in [5, 5.41) is 0. The van der Waals surface area contributed by atoms with Gasteiger partial charge in [-0.05, 0) is 65.7 Å². The van der Waals surface area contributed by atoms with E-state index in [4.69, 9.17) is 0 Å². The van der Waals surface area contributed by atoms with Crippen molar-refractivity contribution >= 4 is 31.6 Å². The normalized spacial score (nSPS) is 11.4. The summed E-state index contributed by atoms with van der Waals surface area (Å²) in [4.78, 5) is 0.0484. The highest BCUT2D eigenvalue weighted by molar-refractivity contribution is 9.10. The standard InChI is InChI=1S/C15H15BrFNO2S/c1-3-18(13-6-4-5-11(2)9-13)21(19,20)15-8-7-12(17)10-14(15)16/h4-10H,3H2,1-2H3. The van der Waals surface area contributed by atoms with Gasteiger partial charge < -0.3 is 0 Å². The van der Waals surface area contributed by atoms with Gasteiger partial charge in [-0.2, -0.15) is 0 Å². The number of sulfonamides is 1. The van der Waals surface area contributed by atoms with Crippen LogP contribution in [0.25, 0.3) is 0 Å². The third kappa shape index (κ3) is 3.27. The summed E-state index contributed by atoms with van der Waals surface area (Å²) in [5.74, 6) is -0.487. The van der Waals surface area contributed by atoms with E-state index in [0.29, 0.717) is 5.69 Å². The molecule has 0 amide bonds. The molecule has 0 N–H and O–H groups in total. The number of anilines is 1. The Balaban J connectivity index is 2.54. The Bertz CT molecular complexity index is 762. The smallest absolute Gasteiger partial charge is 0.265 e. The molecule has 0 aliphatic rings. The van der Waals surface area contributed by atoms with Gasteiger partial charge in [0.25, 0.3) is 10.0 Å². The monoisotopic (exact) mass is 371 g/mol. The van der Waals surface area contributed by atoms with E-state index in [-0.39, 0.29) is 15.9 Å². The molecule has 2 aromatic rings. The molecule has 0 aliphatic carbocycles. The molecule has 6 heteroatoms. The van der Waals surface area contributed by atoms with Gasteiger partial charge in [-0.15, -0.1) is 0 Å². The van der Waals surface area contributed by atoms with E-state index in [1.165, 1.54) is 10.4 Å². The summed E-state index contributed by atoms with van der Waals surface area (Å²) in [5.41, 5.74) is 1.56. The molecule has 2 aromatic carbocycles. The van der Waals surface area contributed by atoms with Gasteiger partial charge in [0, 0.05) is 11.0 Å². The first-order chi connectivity index (χ1) is 9.86. The van der Waals surface area contributed by atoms with Crippen LogP contribution in [0.5, 0.6) is 0 Å². The van der Waals surface area contributed by atoms with Gasteiger partial charge >= 0.3 is 0 Å². The van der Waals surface area contributed by atoms with Crippen molar-refractivity contribution in [2.45, 2.75) is 18.7 Å². The Kier molecular flexibility index (Phi) is 4.68. The molecule has 0 aliphatic heterocycles. The zero-order chi connectivity index (χ0) is 15.6. The minimum atomic E-state index is -3.75. The highest BCUT2D eigenvalue weighted by Crippen LogP contribution is 2.29. The molecule has 0 heterocycles. The molecule has 0 saturated heterocycles. The number of nitrogens with zero attached hydrogens (tertiary/aromatic N) is 1. The van der Waals surface area contributed by atoms with E-state index in [1.54, 1.807) is 19.1 Å². The van der Waals surface area contributed by atoms with Crippen LogP contribution in [0.1, 0.15) is 12.5 Å². The Morgan fingerprint density at radius 2 is 1.90 bits per heavy atom. The maximum atomic E-state index is 13.2. The van der Waals surface area contributed by atoms with Crippen LogP contribution in [0, 0.1) is 12.7 Å². The lowest BCUT2D eigenvalue weighted by Crippen LogP contribution is -2.31. The molecule has 0 saturated carbocycles. The van der Waals surface area contributed by atoms with Crippen molar-refractivity contribution in [2.24, 2.45) is 0 Å². The van der Waals surface area contributed by atoms with Crippen molar-refractivity contribution in [3.63, 3.8) is 0 Å². The van der Waals surface area contributed by atoms with Gasteiger partial charge in [0.1, 0.15) is 10.7 Å². The van der Waals surface area contributed by atoms with Crippen LogP contribution in [-0.4, -0.2) is 15.0 Å². The van der Waals surface area contributed by atoms with Crippen LogP contribution in [-0.2, 0) is 10.0 Å². The number of hydrogen-bond acceptors (Lipinski definition) is 2. The molecule has 0 bridgehead atoms. The third-order valence-electron chi connectivity index (χ3n) is 3.04. The summed E-state index contributed by atoms with van der Waals surface area (Å²) >= 11 is 3.12. The Labute approximate surface area is 132 Å². The Morgan fingerprint density at radius 1 is 1.19 bits per heavy atom. The molecule has 21 heavy (non-hydrogen) atoms. The predicted octanol–water partition coefficient (Wildman–Crippen LogP) is 4.11. The van der Waals surface area contributed by atoms with Crippen LogP contribution < -0.4 is 4.31 Å². The van der Waals surface area contributed by atoms with Crippen molar-refractivity contribution < 1.29 is 12.8 Å². The van der Waals surface area contributed by atoms with Crippen molar-refractivity contribution in [3.8, 4) is 0 Å². The average Bonchev–Trinajstić information content (AvgIpc) is 2.38. The maximum Gasteiger partial charge on any atom is 0.265 e. The van der Waals surface area contributed by atoms with Crippen LogP contribution in [0.2, 0.25) is 0 Å². The number of rotatable bonds is 4. The molecular weight excluding hydrogens is 357 g/mol. The van der Waals surface area contributed by atoms with Crippen LogP contribution >= 0.6 is 15.9 Å². The molecule has 2 rings (SSSR count). The second-order valence-corrected chi connectivity index (χ2v) is 7.27. The largest absolute Gasteiger partial charge is 0.267 e. The SMILES string of the molecule is CCN(c1cccc(C)c1)S(=O)(=O)c1ccc(F)cc1Br. The van der Waals surface area contributed by atoms with E-state index in [1.807, 2.05) is 19.1 Å². The first-order valence-electron chi connectivity index (χ1n) is 6.40. The summed E-state index contributed by atoms with van der Waals surface area (Å²) in [7, 11) is -3.75. The van der Waals surface area contributed by atoms with Crippen LogP contribution in [0.4, 0.5) is 10.1 Å². The Hall–Kier alpha value is -1.40. The van der Waals surface area contributed by atoms with E-state index in [2.05, 4.69) is 15.9 Å². The molecule has 112 valence electrons. The predicted molar refractivity (Wildman–Crippen MR) is 85.5 cm³/mol. The fourth-order valence-electron chi connectivity index (χ4n) is 2.08. The van der Waals surface area contributed by atoms with Crippen molar-refractivity contribution in [1.29, 1.82) is 0 Å². The molecular formula is C15H15BrFNO2S. The first kappa shape index (κ1) is 16.0. The molecule has 0 radical (unpaired) electrons. The van der Waals surface area contributed by atoms with Gasteiger partial charge in [0.05, 0.1) is 5.69 Å². The second kappa shape index (κ2) is 6.15. The van der Waals surface area contributed by atoms with Gasteiger partial charge in [0.15, 0.2) is 0 Å². The van der Waals surface area contributed by atoms with Gasteiger partial charge in [-0.3, -0.25) is 4.31 Å². The molecule has 0 fully saturated rings. The summed E-state index contributed by atoms with van der Waals surface area (Å²) in [6, 6.07) is 10.8. The van der Waals surface area contributed by atoms with Gasteiger partial charge in [-0.1, -0.05) is 12.1 Å². The van der Waals surface area contributed by atoms with Crippen molar-refractivity contribution in [2.75, 3.05) is 10.8 Å². The minimum absolute atomic E-state index is 0.0484. The van der Waals surface area contributed by atoms with Crippen molar-refractivity contribution in [1.82, 2.24) is 0 Å². The highest BCUT2D eigenvalue weighted by Gasteiger charge is 2.26. The topological polar surface area (TPSA) is 37.4 Å². The summed E-state index contributed by atoms with van der Waals surface area (Å²) in [6.45, 7) is 3.95. The minimum Gasteiger partial charge on any atom is -0.267 e. The molecule has 0 spiro atoms. The van der Waals surface area contributed by atoms with Crippen molar-refractivity contribution in [3.05, 3.63) is 58.3 Å². The van der Waals surface area contributed by atoms with Crippen LogP contribution in [0.3, 0.4) is 0 Å². The Morgan fingerprint density at radius 3 is 2.48 bits per heavy atom. The zero-order valence-corrected chi connectivity index (χ0v) is 14.1. The third-order valence-corrected chi connectivity index (χ3v) is 5.92. The molecule has 0 atom stereocenters. The summed E-state index contributed by atoms with van der Waals surface area (Å²) in [6.07, 6.45) is 0. The molecule has 0 aromatic heterocycles. The lowest BCUT2D eigenvalue weighted by molar-refractivity contribution is 0.590. The fraction of sp³-hybridized carbons (Fsp3) is 0.200. The summed E-state index contributed by atoms with van der Waals surface area (Å²) < 4.78 is 40.2. The quantitative estimate of drug-likeness (QED) is 0.810. The molecule has 0 unspecified atom stereocenters. The zero-order valence-electron chi connectivity index (χ0n) is 11.7. The molecule has 3 nitrogen and oxygen atoms in total. The first-order valence-corrected chi connectivity index (χ1v) is 8.64. The maximum absolute atomic E-state index is 13.2. The second-order valence-electron chi connectivity index (χ2n) is 4.58. The number of hydrogen-bond donors (Lipinski definition) is 0. The fourth-order valence-corrected chi connectivity index (χ4v) is 4.56. The average molecular weight is 372 g/mol. The lowest BCUT2D eigenvalue weighted by atomic mass is 10.2. The highest BCUT2D eigenvalue weighted by atomic mass is 79.9. The number of halogens is 2. The van der Waals surface area contributed by atoms with Gasteiger partial charge in [0.2, 0.25) is 0 Å². The van der Waals surface area contributed by atoms with Crippen LogP contribution in [0.15, 0.2) is 51.8 Å².